The quantitative estimate of drug-likeness (QED) is 0.538. The van der Waals surface area contributed by atoms with Gasteiger partial charge in [-0.2, -0.15) is 0 Å². The van der Waals surface area contributed by atoms with Crippen LogP contribution >= 0.6 is 0 Å². The number of hydrogen-bond donors (Lipinski definition) is 1. The second kappa shape index (κ2) is 12.3. The highest BCUT2D eigenvalue weighted by Crippen LogP contribution is 2.26. The van der Waals surface area contributed by atoms with Gasteiger partial charge < -0.3 is 15.0 Å². The maximum absolute atomic E-state index is 13.8. The van der Waals surface area contributed by atoms with E-state index in [2.05, 4.69) is 29.0 Å². The molecule has 8 nitrogen and oxygen atoms in total. The average Bonchev–Trinajstić information content (AvgIpc) is 2.79. The number of methoxy groups -OCH3 is 1. The Bertz CT molecular complexity index is 705. The van der Waals surface area contributed by atoms with Crippen LogP contribution in [-0.4, -0.2) is 97.5 Å². The number of carbonyl (C=O) groups excluding carboxylic acids is 3. The van der Waals surface area contributed by atoms with E-state index in [1.807, 2.05) is 34.9 Å². The second-order valence-corrected chi connectivity index (χ2v) is 11.6. The molecule has 0 aliphatic carbocycles. The van der Waals surface area contributed by atoms with E-state index < -0.39 is 11.5 Å². The van der Waals surface area contributed by atoms with Gasteiger partial charge in [0.1, 0.15) is 12.1 Å². The molecule has 0 radical (unpaired) electrons. The van der Waals surface area contributed by atoms with Gasteiger partial charge in [0.2, 0.25) is 11.8 Å². The monoisotopic (exact) mass is 480 g/mol. The van der Waals surface area contributed by atoms with Gasteiger partial charge in [-0.05, 0) is 57.2 Å². The lowest BCUT2D eigenvalue weighted by Gasteiger charge is -2.43. The molecule has 0 bridgehead atoms. The maximum atomic E-state index is 13.8. The summed E-state index contributed by atoms with van der Waals surface area (Å²) in [4.78, 5) is 45.5. The number of hydrogen-bond acceptors (Lipinski definition) is 6. The van der Waals surface area contributed by atoms with Gasteiger partial charge in [0.15, 0.2) is 0 Å². The highest BCUT2D eigenvalue weighted by atomic mass is 16.5. The van der Waals surface area contributed by atoms with E-state index in [0.717, 1.165) is 51.6 Å². The summed E-state index contributed by atoms with van der Waals surface area (Å²) in [5.74, 6) is -0.154. The fourth-order valence-electron chi connectivity index (χ4n) is 5.29. The Hall–Kier alpha value is -1.67. The number of rotatable bonds is 8. The third-order valence-corrected chi connectivity index (χ3v) is 7.60. The van der Waals surface area contributed by atoms with Crippen LogP contribution in [0.25, 0.3) is 0 Å². The molecule has 0 spiro atoms. The van der Waals surface area contributed by atoms with Crippen LogP contribution in [0.3, 0.4) is 0 Å². The van der Waals surface area contributed by atoms with Crippen LogP contribution in [-0.2, 0) is 19.1 Å². The van der Waals surface area contributed by atoms with Crippen molar-refractivity contribution in [3.8, 4) is 0 Å². The van der Waals surface area contributed by atoms with Crippen molar-refractivity contribution in [1.29, 1.82) is 0 Å². The van der Waals surface area contributed by atoms with Gasteiger partial charge in [0.05, 0.1) is 13.2 Å². The lowest BCUT2D eigenvalue weighted by atomic mass is 9.84. The molecule has 2 rings (SSSR count). The third-order valence-electron chi connectivity index (χ3n) is 7.60. The molecule has 196 valence electrons. The summed E-state index contributed by atoms with van der Waals surface area (Å²) >= 11 is 0. The number of nitrogens with zero attached hydrogens (tertiary/aromatic N) is 3. The number of esters is 1. The molecule has 1 N–H and O–H groups in total. The van der Waals surface area contributed by atoms with Crippen LogP contribution in [0.4, 0.5) is 0 Å². The molecule has 2 aliphatic rings. The Balaban J connectivity index is 2.19. The van der Waals surface area contributed by atoms with E-state index in [1.165, 1.54) is 7.11 Å². The van der Waals surface area contributed by atoms with Crippen molar-refractivity contribution in [3.05, 3.63) is 0 Å². The first-order valence-corrected chi connectivity index (χ1v) is 13.0. The highest BCUT2D eigenvalue weighted by Gasteiger charge is 2.40. The van der Waals surface area contributed by atoms with Gasteiger partial charge in [0.25, 0.3) is 0 Å². The topological polar surface area (TPSA) is 82.2 Å². The Kier molecular flexibility index (Phi) is 10.4. The zero-order valence-corrected chi connectivity index (χ0v) is 22.7. The lowest BCUT2D eigenvalue weighted by molar-refractivity contribution is -0.149. The second-order valence-electron chi connectivity index (χ2n) is 11.6. The number of carbonyl (C=O) groups is 3. The van der Waals surface area contributed by atoms with Gasteiger partial charge >= 0.3 is 5.97 Å². The first kappa shape index (κ1) is 28.6. The number of likely N-dealkylation sites (N-methyl/N-ethyl adjacent to an activating group) is 2. The molecular weight excluding hydrogens is 432 g/mol. The number of amides is 2. The molecule has 34 heavy (non-hydrogen) atoms. The summed E-state index contributed by atoms with van der Waals surface area (Å²) in [7, 11) is 5.25. The van der Waals surface area contributed by atoms with Crippen molar-refractivity contribution >= 4 is 17.8 Å². The molecule has 0 saturated carbocycles. The van der Waals surface area contributed by atoms with E-state index in [-0.39, 0.29) is 41.8 Å². The minimum absolute atomic E-state index is 0.0632. The standard InChI is InChI=1S/C26H48N4O4/c1-18(2)21(17-30-16-12-10-14-20(30)25(33)34-8)29(7)24(32)22(26(3,4)5)27-23(31)19-13-9-11-15-28(19)6/h18-22H,9-17H2,1-8H3,(H,27,31)/t19?,20-,21-,22?/m1/s1. The molecule has 0 aromatic carbocycles. The Labute approximate surface area is 206 Å². The number of ether oxygens (including phenoxy) is 1. The van der Waals surface area contributed by atoms with Crippen molar-refractivity contribution in [2.75, 3.05) is 40.8 Å². The Morgan fingerprint density at radius 2 is 1.62 bits per heavy atom. The van der Waals surface area contributed by atoms with Crippen LogP contribution < -0.4 is 5.32 Å². The van der Waals surface area contributed by atoms with E-state index in [0.29, 0.717) is 6.54 Å². The third kappa shape index (κ3) is 7.17. The normalized spacial score (nSPS) is 24.4. The van der Waals surface area contributed by atoms with Crippen molar-refractivity contribution < 1.29 is 19.1 Å². The van der Waals surface area contributed by atoms with Gasteiger partial charge in [-0.1, -0.05) is 47.5 Å². The molecule has 4 atom stereocenters. The molecule has 2 aliphatic heterocycles. The first-order chi connectivity index (χ1) is 15.9. The molecule has 2 unspecified atom stereocenters. The molecule has 0 aromatic heterocycles. The Morgan fingerprint density at radius 1 is 1.03 bits per heavy atom. The summed E-state index contributed by atoms with van der Waals surface area (Å²) in [5, 5.41) is 3.11. The Morgan fingerprint density at radius 3 is 2.15 bits per heavy atom. The zero-order chi connectivity index (χ0) is 25.6. The summed E-state index contributed by atoms with van der Waals surface area (Å²) < 4.78 is 5.05. The van der Waals surface area contributed by atoms with E-state index in [9.17, 15) is 14.4 Å². The van der Waals surface area contributed by atoms with Crippen LogP contribution in [0.1, 0.15) is 73.1 Å². The zero-order valence-electron chi connectivity index (χ0n) is 22.7. The van der Waals surface area contributed by atoms with Crippen LogP contribution in [0.5, 0.6) is 0 Å². The summed E-state index contributed by atoms with van der Waals surface area (Å²) in [6.45, 7) is 12.5. The number of likely N-dealkylation sites (tertiary alicyclic amines) is 2. The van der Waals surface area contributed by atoms with Gasteiger partial charge in [-0.3, -0.25) is 24.2 Å². The van der Waals surface area contributed by atoms with Crippen molar-refractivity contribution in [2.24, 2.45) is 11.3 Å². The lowest BCUT2D eigenvalue weighted by Crippen LogP contribution is -2.61. The number of piperidine rings is 2. The van der Waals surface area contributed by atoms with Gasteiger partial charge in [-0.15, -0.1) is 0 Å². The minimum Gasteiger partial charge on any atom is -0.468 e. The van der Waals surface area contributed by atoms with Crippen LogP contribution in [0.15, 0.2) is 0 Å². The van der Waals surface area contributed by atoms with Gasteiger partial charge in [0, 0.05) is 19.6 Å². The molecule has 2 amide bonds. The fraction of sp³-hybridized carbons (Fsp3) is 0.885. The van der Waals surface area contributed by atoms with E-state index in [1.54, 1.807) is 4.90 Å². The molecule has 2 saturated heterocycles. The van der Waals surface area contributed by atoms with Crippen molar-refractivity contribution in [2.45, 2.75) is 97.3 Å². The molecule has 0 aromatic rings. The summed E-state index contributed by atoms with van der Waals surface area (Å²) in [6, 6.07) is -1.16. The smallest absolute Gasteiger partial charge is 0.323 e. The largest absolute Gasteiger partial charge is 0.468 e. The van der Waals surface area contributed by atoms with Gasteiger partial charge in [-0.25, -0.2) is 0 Å². The highest BCUT2D eigenvalue weighted by molar-refractivity contribution is 5.90. The molecular formula is C26H48N4O4. The molecule has 2 heterocycles. The average molecular weight is 481 g/mol. The maximum Gasteiger partial charge on any atom is 0.323 e. The van der Waals surface area contributed by atoms with Crippen LogP contribution in [0, 0.1) is 11.3 Å². The molecule has 2 fully saturated rings. The predicted octanol–water partition coefficient (Wildman–Crippen LogP) is 2.51. The predicted molar refractivity (Wildman–Crippen MR) is 134 cm³/mol. The van der Waals surface area contributed by atoms with E-state index >= 15 is 0 Å². The SMILES string of the molecule is COC(=O)[C@H]1CCCCN1C[C@H](C(C)C)N(C)C(=O)C(NC(=O)C1CCCCN1C)C(C)(C)C. The summed E-state index contributed by atoms with van der Waals surface area (Å²) in [5.41, 5.74) is -0.435. The van der Waals surface area contributed by atoms with E-state index in [4.69, 9.17) is 4.74 Å². The van der Waals surface area contributed by atoms with Crippen molar-refractivity contribution in [1.82, 2.24) is 20.0 Å². The fourth-order valence-corrected chi connectivity index (χ4v) is 5.29. The minimum atomic E-state index is -0.626. The van der Waals surface area contributed by atoms with Crippen molar-refractivity contribution in [3.63, 3.8) is 0 Å². The first-order valence-electron chi connectivity index (χ1n) is 13.0. The summed E-state index contributed by atoms with van der Waals surface area (Å²) in [6.07, 6.45) is 5.77. The molecule has 8 heteroatoms. The number of nitrogens with one attached hydrogen (secondary N) is 1. The van der Waals surface area contributed by atoms with Crippen LogP contribution in [0.2, 0.25) is 0 Å².